The molecule has 94 valence electrons. The van der Waals surface area contributed by atoms with Crippen LogP contribution in [0.1, 0.15) is 36.7 Å². The molecule has 0 heterocycles. The topological polar surface area (TPSA) is 35.5 Å². The quantitative estimate of drug-likeness (QED) is 0.784. The van der Waals surface area contributed by atoms with Crippen LogP contribution in [0.3, 0.4) is 0 Å². The number of ether oxygens (including phenoxy) is 2. The van der Waals surface area contributed by atoms with Crippen molar-refractivity contribution >= 4 is 21.9 Å². The van der Waals surface area contributed by atoms with E-state index in [1.54, 1.807) is 13.2 Å². The van der Waals surface area contributed by atoms with E-state index in [-0.39, 0.29) is 11.4 Å². The molecule has 0 atom stereocenters. The van der Waals surface area contributed by atoms with Gasteiger partial charge in [-0.2, -0.15) is 0 Å². The predicted molar refractivity (Wildman–Crippen MR) is 70.7 cm³/mol. The smallest absolute Gasteiger partial charge is 0.339 e. The number of carbonyl (C=O) groups excluding carboxylic acids is 1. The van der Waals surface area contributed by atoms with Crippen LogP contribution < -0.4 is 4.74 Å². The van der Waals surface area contributed by atoms with Gasteiger partial charge in [-0.1, -0.05) is 20.8 Å². The van der Waals surface area contributed by atoms with Crippen LogP contribution in [0.2, 0.25) is 0 Å². The normalized spacial score (nSPS) is 11.2. The van der Waals surface area contributed by atoms with Crippen LogP contribution in [0, 0.1) is 0 Å². The number of carbonyl (C=O) groups is 1. The first-order valence-corrected chi connectivity index (χ1v) is 6.07. The molecule has 0 fully saturated rings. The Bertz CT molecular complexity index is 433. The average Bonchev–Trinajstić information content (AvgIpc) is 2.26. The lowest BCUT2D eigenvalue weighted by atomic mass is 9.86. The maximum absolute atomic E-state index is 11.6. The predicted octanol–water partition coefficient (Wildman–Crippen LogP) is 3.54. The highest BCUT2D eigenvalue weighted by Gasteiger charge is 2.22. The molecule has 0 aliphatic carbocycles. The summed E-state index contributed by atoms with van der Waals surface area (Å²) in [4.78, 5) is 11.6. The molecule has 1 aromatic carbocycles. The minimum Gasteiger partial charge on any atom is -0.496 e. The summed E-state index contributed by atoms with van der Waals surface area (Å²) < 4.78 is 10.8. The van der Waals surface area contributed by atoms with Gasteiger partial charge in [-0.05, 0) is 33.5 Å². The first kappa shape index (κ1) is 14.0. The van der Waals surface area contributed by atoms with E-state index in [2.05, 4.69) is 36.7 Å². The molecule has 0 aliphatic rings. The molecule has 1 aromatic rings. The summed E-state index contributed by atoms with van der Waals surface area (Å²) >= 11 is 3.39. The number of benzene rings is 1. The van der Waals surface area contributed by atoms with E-state index in [1.807, 2.05) is 6.07 Å². The average molecular weight is 301 g/mol. The summed E-state index contributed by atoms with van der Waals surface area (Å²) in [7, 11) is 2.96. The van der Waals surface area contributed by atoms with E-state index >= 15 is 0 Å². The molecule has 17 heavy (non-hydrogen) atoms. The highest BCUT2D eigenvalue weighted by molar-refractivity contribution is 9.10. The Morgan fingerprint density at radius 2 is 1.82 bits per heavy atom. The second-order valence-corrected chi connectivity index (χ2v) is 5.63. The summed E-state index contributed by atoms with van der Waals surface area (Å²) in [5.41, 5.74) is 1.46. The van der Waals surface area contributed by atoms with Crippen LogP contribution in [-0.4, -0.2) is 20.2 Å². The fraction of sp³-hybridized carbons (Fsp3) is 0.462. The van der Waals surface area contributed by atoms with Crippen molar-refractivity contribution in [2.75, 3.05) is 14.2 Å². The SMILES string of the molecule is COC(=O)c1cc(OC)c(C(C)(C)C)cc1Br. The second-order valence-electron chi connectivity index (χ2n) is 4.77. The Morgan fingerprint density at radius 3 is 2.24 bits per heavy atom. The van der Waals surface area contributed by atoms with Crippen LogP contribution in [0.25, 0.3) is 0 Å². The molecule has 0 amide bonds. The van der Waals surface area contributed by atoms with Gasteiger partial charge in [0.2, 0.25) is 0 Å². The first-order valence-electron chi connectivity index (χ1n) is 5.27. The van der Waals surface area contributed by atoms with Gasteiger partial charge in [0.05, 0.1) is 19.8 Å². The standard InChI is InChI=1S/C13H17BrO3/c1-13(2,3)9-7-10(14)8(12(15)17-5)6-11(9)16-4/h6-7H,1-5H3. The van der Waals surface area contributed by atoms with E-state index in [0.29, 0.717) is 11.3 Å². The van der Waals surface area contributed by atoms with Crippen LogP contribution in [0.4, 0.5) is 0 Å². The van der Waals surface area contributed by atoms with Crippen molar-refractivity contribution in [3.8, 4) is 5.75 Å². The summed E-state index contributed by atoms with van der Waals surface area (Å²) in [6.07, 6.45) is 0. The fourth-order valence-corrected chi connectivity index (χ4v) is 2.08. The molecular formula is C13H17BrO3. The van der Waals surface area contributed by atoms with E-state index in [0.717, 1.165) is 10.0 Å². The molecule has 0 saturated carbocycles. The second kappa shape index (κ2) is 5.08. The van der Waals surface area contributed by atoms with Gasteiger partial charge >= 0.3 is 5.97 Å². The van der Waals surface area contributed by atoms with Gasteiger partial charge in [-0.15, -0.1) is 0 Å². The van der Waals surface area contributed by atoms with Crippen LogP contribution in [0.5, 0.6) is 5.75 Å². The Hall–Kier alpha value is -1.03. The summed E-state index contributed by atoms with van der Waals surface area (Å²) in [5, 5.41) is 0. The third-order valence-electron chi connectivity index (χ3n) is 2.50. The first-order chi connectivity index (χ1) is 7.81. The zero-order valence-corrected chi connectivity index (χ0v) is 12.3. The van der Waals surface area contributed by atoms with Crippen molar-refractivity contribution in [2.24, 2.45) is 0 Å². The number of hydrogen-bond acceptors (Lipinski definition) is 3. The van der Waals surface area contributed by atoms with Crippen molar-refractivity contribution in [2.45, 2.75) is 26.2 Å². The molecule has 0 radical (unpaired) electrons. The third-order valence-corrected chi connectivity index (χ3v) is 3.16. The lowest BCUT2D eigenvalue weighted by Gasteiger charge is -2.23. The van der Waals surface area contributed by atoms with E-state index in [1.165, 1.54) is 7.11 Å². The molecule has 1 rings (SSSR count). The molecular weight excluding hydrogens is 284 g/mol. The highest BCUT2D eigenvalue weighted by atomic mass is 79.9. The molecule has 3 nitrogen and oxygen atoms in total. The van der Waals surface area contributed by atoms with Gasteiger partial charge in [0.15, 0.2) is 0 Å². The fourth-order valence-electron chi connectivity index (χ4n) is 1.57. The molecule has 0 aliphatic heterocycles. The zero-order valence-electron chi connectivity index (χ0n) is 10.8. The summed E-state index contributed by atoms with van der Waals surface area (Å²) in [5.74, 6) is 0.316. The number of esters is 1. The number of halogens is 1. The van der Waals surface area contributed by atoms with Crippen LogP contribution >= 0.6 is 15.9 Å². The van der Waals surface area contributed by atoms with Crippen molar-refractivity contribution in [1.29, 1.82) is 0 Å². The Morgan fingerprint density at radius 1 is 1.24 bits per heavy atom. The van der Waals surface area contributed by atoms with Crippen LogP contribution in [0.15, 0.2) is 16.6 Å². The summed E-state index contributed by atoms with van der Waals surface area (Å²) in [6.45, 7) is 6.28. The van der Waals surface area contributed by atoms with Gasteiger partial charge < -0.3 is 9.47 Å². The number of rotatable bonds is 2. The van der Waals surface area contributed by atoms with Crippen LogP contribution in [-0.2, 0) is 10.2 Å². The maximum atomic E-state index is 11.6. The summed E-state index contributed by atoms with van der Waals surface area (Å²) in [6, 6.07) is 3.61. The molecule has 0 saturated heterocycles. The lowest BCUT2D eigenvalue weighted by molar-refractivity contribution is 0.0599. The van der Waals surface area contributed by atoms with Gasteiger partial charge in [0, 0.05) is 10.0 Å². The maximum Gasteiger partial charge on any atom is 0.339 e. The van der Waals surface area contributed by atoms with Crippen molar-refractivity contribution in [1.82, 2.24) is 0 Å². The number of methoxy groups -OCH3 is 2. The molecule has 0 spiro atoms. The lowest BCUT2D eigenvalue weighted by Crippen LogP contribution is -2.14. The van der Waals surface area contributed by atoms with Gasteiger partial charge in [0.1, 0.15) is 5.75 Å². The molecule has 0 unspecified atom stereocenters. The third kappa shape index (κ3) is 3.00. The monoisotopic (exact) mass is 300 g/mol. The molecule has 0 N–H and O–H groups in total. The van der Waals surface area contributed by atoms with Gasteiger partial charge in [0.25, 0.3) is 0 Å². The largest absolute Gasteiger partial charge is 0.496 e. The van der Waals surface area contributed by atoms with E-state index in [4.69, 9.17) is 9.47 Å². The van der Waals surface area contributed by atoms with Crippen molar-refractivity contribution < 1.29 is 14.3 Å². The zero-order chi connectivity index (χ0) is 13.2. The van der Waals surface area contributed by atoms with E-state index in [9.17, 15) is 4.79 Å². The molecule has 4 heteroatoms. The van der Waals surface area contributed by atoms with Gasteiger partial charge in [-0.25, -0.2) is 4.79 Å². The molecule has 0 bridgehead atoms. The molecule has 0 aromatic heterocycles. The Kier molecular flexibility index (Phi) is 4.20. The minimum atomic E-state index is -0.379. The van der Waals surface area contributed by atoms with E-state index < -0.39 is 0 Å². The number of hydrogen-bond donors (Lipinski definition) is 0. The Balaban J connectivity index is 3.40. The van der Waals surface area contributed by atoms with Crippen molar-refractivity contribution in [3.05, 3.63) is 27.7 Å². The van der Waals surface area contributed by atoms with Gasteiger partial charge in [-0.3, -0.25) is 0 Å². The highest BCUT2D eigenvalue weighted by Crippen LogP contribution is 2.35. The Labute approximate surface area is 110 Å². The van der Waals surface area contributed by atoms with Crippen molar-refractivity contribution in [3.63, 3.8) is 0 Å². The minimum absolute atomic E-state index is 0.0531.